The topological polar surface area (TPSA) is 63.0 Å². The van der Waals surface area contributed by atoms with Crippen LogP contribution in [0.4, 0.5) is 0 Å². The van der Waals surface area contributed by atoms with E-state index in [9.17, 15) is 9.47 Å². The molecule has 0 amide bonds. The van der Waals surface area contributed by atoms with Crippen molar-refractivity contribution in [1.29, 1.82) is 5.26 Å². The smallest absolute Gasteiger partial charge is 0.118 e. The zero-order valence-corrected chi connectivity index (χ0v) is 18.8. The summed E-state index contributed by atoms with van der Waals surface area (Å²) in [5, 5.41) is 11.0. The first kappa shape index (κ1) is 22.1. The van der Waals surface area contributed by atoms with Crippen molar-refractivity contribution in [3.63, 3.8) is 0 Å². The highest BCUT2D eigenvalue weighted by Crippen LogP contribution is 2.34. The predicted molar refractivity (Wildman–Crippen MR) is 125 cm³/mol. The molecule has 154 valence electrons. The number of pyridine rings is 1. The molecular weight excluding hydrogens is 412 g/mol. The van der Waals surface area contributed by atoms with E-state index < -0.39 is 10.8 Å². The van der Waals surface area contributed by atoms with Gasteiger partial charge in [0.05, 0.1) is 23.5 Å². The normalized spacial score (nSPS) is 11.6. The fourth-order valence-electron chi connectivity index (χ4n) is 2.97. The average Bonchev–Trinajstić information content (AvgIpc) is 2.81. The number of rotatable bonds is 9. The third kappa shape index (κ3) is 5.50. The summed E-state index contributed by atoms with van der Waals surface area (Å²) in [4.78, 5) is 4.77. The molecule has 30 heavy (non-hydrogen) atoms. The number of ether oxygens (including phenoxy) is 1. The third-order valence-corrected chi connectivity index (χ3v) is 7.46. The Balaban J connectivity index is 2.04. The van der Waals surface area contributed by atoms with E-state index in [0.29, 0.717) is 21.4 Å². The van der Waals surface area contributed by atoms with E-state index in [1.54, 1.807) is 7.11 Å². The van der Waals surface area contributed by atoms with Gasteiger partial charge >= 0.3 is 0 Å². The molecule has 0 unspecified atom stereocenters. The van der Waals surface area contributed by atoms with Gasteiger partial charge in [-0.25, -0.2) is 4.98 Å². The molecule has 6 heteroatoms. The van der Waals surface area contributed by atoms with Crippen molar-refractivity contribution < 1.29 is 8.95 Å². The molecule has 0 N–H and O–H groups in total. The van der Waals surface area contributed by atoms with E-state index in [2.05, 4.69) is 13.0 Å². The SMILES string of the molecule is CCCC[S@@](=O)CSc1nc(-c2ccc(OC)cc2)cc(-c2ccccc2)c1C#N. The van der Waals surface area contributed by atoms with Crippen molar-refractivity contribution in [2.24, 2.45) is 0 Å². The highest BCUT2D eigenvalue weighted by Gasteiger charge is 2.16. The summed E-state index contributed by atoms with van der Waals surface area (Å²) in [7, 11) is 0.695. The monoisotopic (exact) mass is 436 g/mol. The van der Waals surface area contributed by atoms with Gasteiger partial charge in [-0.15, -0.1) is 0 Å². The van der Waals surface area contributed by atoms with E-state index in [1.807, 2.05) is 60.7 Å². The van der Waals surface area contributed by atoms with Crippen LogP contribution in [0, 0.1) is 11.3 Å². The van der Waals surface area contributed by atoms with E-state index >= 15 is 0 Å². The summed E-state index contributed by atoms with van der Waals surface area (Å²) < 4.78 is 17.6. The Kier molecular flexibility index (Phi) is 8.06. The van der Waals surface area contributed by atoms with Gasteiger partial charge in [-0.05, 0) is 42.3 Å². The highest BCUT2D eigenvalue weighted by molar-refractivity contribution is 8.10. The number of benzene rings is 2. The number of thioether (sulfide) groups is 1. The van der Waals surface area contributed by atoms with Crippen LogP contribution in [0.3, 0.4) is 0 Å². The molecule has 1 atom stereocenters. The molecule has 0 radical (unpaired) electrons. The summed E-state index contributed by atoms with van der Waals surface area (Å²) in [5.41, 5.74) is 4.03. The Morgan fingerprint density at radius 1 is 1.10 bits per heavy atom. The Morgan fingerprint density at radius 2 is 1.83 bits per heavy atom. The Hall–Kier alpha value is -2.62. The molecule has 1 heterocycles. The molecule has 0 bridgehead atoms. The molecule has 2 aromatic carbocycles. The number of nitrogens with zero attached hydrogens (tertiary/aromatic N) is 2. The van der Waals surface area contributed by atoms with Crippen LogP contribution in [0.2, 0.25) is 0 Å². The number of unbranched alkanes of at least 4 members (excludes halogenated alkanes) is 1. The zero-order chi connectivity index (χ0) is 21.3. The first-order valence-electron chi connectivity index (χ1n) is 9.79. The maximum absolute atomic E-state index is 12.3. The Bertz CT molecular complexity index is 1050. The van der Waals surface area contributed by atoms with Gasteiger partial charge in [-0.3, -0.25) is 4.21 Å². The Morgan fingerprint density at radius 3 is 2.47 bits per heavy atom. The van der Waals surface area contributed by atoms with Gasteiger partial charge in [-0.1, -0.05) is 55.4 Å². The summed E-state index contributed by atoms with van der Waals surface area (Å²) >= 11 is 1.40. The Labute approximate surface area is 184 Å². The van der Waals surface area contributed by atoms with Crippen LogP contribution < -0.4 is 4.74 Å². The largest absolute Gasteiger partial charge is 0.497 e. The third-order valence-electron chi connectivity index (χ3n) is 4.62. The van der Waals surface area contributed by atoms with Gasteiger partial charge < -0.3 is 4.74 Å². The van der Waals surface area contributed by atoms with Crippen molar-refractivity contribution in [3.05, 3.63) is 66.2 Å². The second-order valence-electron chi connectivity index (χ2n) is 6.70. The molecule has 0 aliphatic carbocycles. The molecule has 3 rings (SSSR count). The zero-order valence-electron chi connectivity index (χ0n) is 17.1. The predicted octanol–water partition coefficient (Wildman–Crippen LogP) is 5.89. The number of aromatic nitrogens is 1. The lowest BCUT2D eigenvalue weighted by Crippen LogP contribution is -2.02. The molecule has 0 saturated carbocycles. The first-order chi connectivity index (χ1) is 14.7. The van der Waals surface area contributed by atoms with Crippen molar-refractivity contribution in [1.82, 2.24) is 4.98 Å². The number of hydrogen-bond donors (Lipinski definition) is 0. The maximum Gasteiger partial charge on any atom is 0.118 e. The van der Waals surface area contributed by atoms with Crippen LogP contribution in [-0.2, 0) is 10.8 Å². The van der Waals surface area contributed by atoms with Gasteiger partial charge in [0, 0.05) is 27.7 Å². The lowest BCUT2D eigenvalue weighted by Gasteiger charge is -2.13. The van der Waals surface area contributed by atoms with Crippen molar-refractivity contribution in [2.75, 3.05) is 17.9 Å². The average molecular weight is 437 g/mol. The van der Waals surface area contributed by atoms with E-state index in [-0.39, 0.29) is 0 Å². The van der Waals surface area contributed by atoms with Gasteiger partial charge in [-0.2, -0.15) is 5.26 Å². The number of nitriles is 1. The quantitative estimate of drug-likeness (QED) is 0.391. The van der Waals surface area contributed by atoms with Gasteiger partial charge in [0.1, 0.15) is 16.8 Å². The lowest BCUT2D eigenvalue weighted by atomic mass is 9.99. The van der Waals surface area contributed by atoms with Crippen LogP contribution in [0.5, 0.6) is 5.75 Å². The van der Waals surface area contributed by atoms with E-state index in [4.69, 9.17) is 9.72 Å². The second kappa shape index (κ2) is 11.0. The fraction of sp³-hybridized carbons (Fsp3) is 0.250. The number of methoxy groups -OCH3 is 1. The highest BCUT2D eigenvalue weighted by atomic mass is 32.2. The van der Waals surface area contributed by atoms with Crippen molar-refractivity contribution in [3.8, 4) is 34.2 Å². The number of hydrogen-bond acceptors (Lipinski definition) is 5. The van der Waals surface area contributed by atoms with Gasteiger partial charge in [0.25, 0.3) is 0 Å². The summed E-state index contributed by atoms with van der Waals surface area (Å²) in [6.45, 7) is 2.09. The molecule has 0 aliphatic heterocycles. The molecule has 0 spiro atoms. The molecule has 3 aromatic rings. The van der Waals surface area contributed by atoms with E-state index in [0.717, 1.165) is 41.0 Å². The second-order valence-corrected chi connectivity index (χ2v) is 9.61. The molecular formula is C24H24N2O2S2. The minimum Gasteiger partial charge on any atom is -0.497 e. The van der Waals surface area contributed by atoms with Crippen LogP contribution in [0.1, 0.15) is 25.3 Å². The molecule has 0 saturated heterocycles. The van der Waals surface area contributed by atoms with Crippen molar-refractivity contribution >= 4 is 22.6 Å². The van der Waals surface area contributed by atoms with Crippen molar-refractivity contribution in [2.45, 2.75) is 24.8 Å². The lowest BCUT2D eigenvalue weighted by molar-refractivity contribution is 0.415. The minimum absolute atomic E-state index is 0.433. The van der Waals surface area contributed by atoms with Crippen LogP contribution in [0.15, 0.2) is 65.7 Å². The van der Waals surface area contributed by atoms with Crippen LogP contribution in [-0.4, -0.2) is 27.1 Å². The minimum atomic E-state index is -0.940. The standard InChI is InChI=1S/C24H24N2O2S2/c1-3-4-14-30(27)17-29-24-22(16-25)21(18-8-6-5-7-9-18)15-23(26-24)19-10-12-20(28-2)13-11-19/h5-13,15H,3-4,14,17H2,1-2H3/t30-/m1/s1. The molecule has 0 fully saturated rings. The molecule has 4 nitrogen and oxygen atoms in total. The molecule has 1 aromatic heterocycles. The summed E-state index contributed by atoms with van der Waals surface area (Å²) in [6.07, 6.45) is 1.95. The van der Waals surface area contributed by atoms with Crippen LogP contribution in [0.25, 0.3) is 22.4 Å². The van der Waals surface area contributed by atoms with Crippen LogP contribution >= 0.6 is 11.8 Å². The summed E-state index contributed by atoms with van der Waals surface area (Å²) in [6, 6.07) is 21.8. The fourth-order valence-corrected chi connectivity index (χ4v) is 5.49. The maximum atomic E-state index is 12.3. The first-order valence-corrected chi connectivity index (χ1v) is 12.3. The van der Waals surface area contributed by atoms with Gasteiger partial charge in [0.15, 0.2) is 0 Å². The molecule has 0 aliphatic rings. The summed E-state index contributed by atoms with van der Waals surface area (Å²) in [5.74, 6) is 1.45. The van der Waals surface area contributed by atoms with Gasteiger partial charge in [0.2, 0.25) is 0 Å². The van der Waals surface area contributed by atoms with E-state index in [1.165, 1.54) is 11.8 Å².